The molecule has 0 fully saturated rings. The van der Waals surface area contributed by atoms with E-state index in [1.165, 1.54) is 11.8 Å². The lowest BCUT2D eigenvalue weighted by molar-refractivity contribution is -0.113. The van der Waals surface area contributed by atoms with Crippen LogP contribution in [-0.4, -0.2) is 52.8 Å². The van der Waals surface area contributed by atoms with E-state index in [-0.39, 0.29) is 11.7 Å². The predicted octanol–water partition coefficient (Wildman–Crippen LogP) is 3.86. The molecule has 9 nitrogen and oxygen atoms in total. The number of carbonyl (C=O) groups is 1. The van der Waals surface area contributed by atoms with Gasteiger partial charge >= 0.3 is 0 Å². The first-order chi connectivity index (χ1) is 16.0. The Hall–Kier alpha value is -3.79. The highest BCUT2D eigenvalue weighted by atomic mass is 32.2. The number of amides is 1. The fraction of sp³-hybridized carbons (Fsp3) is 0.217. The fourth-order valence-electron chi connectivity index (χ4n) is 3.24. The van der Waals surface area contributed by atoms with Crippen molar-refractivity contribution in [1.29, 1.82) is 0 Å². The van der Waals surface area contributed by atoms with E-state index in [1.807, 2.05) is 55.5 Å². The molecule has 1 amide bonds. The molecule has 0 radical (unpaired) electrons. The van der Waals surface area contributed by atoms with Gasteiger partial charge in [0.25, 0.3) is 0 Å². The Bertz CT molecular complexity index is 1310. The maximum atomic E-state index is 12.6. The van der Waals surface area contributed by atoms with Crippen molar-refractivity contribution in [2.45, 2.75) is 12.1 Å². The van der Waals surface area contributed by atoms with Gasteiger partial charge in [-0.25, -0.2) is 0 Å². The van der Waals surface area contributed by atoms with E-state index < -0.39 is 0 Å². The third-order valence-electron chi connectivity index (χ3n) is 4.87. The molecule has 4 rings (SSSR count). The minimum absolute atomic E-state index is 0.139. The Kier molecular flexibility index (Phi) is 6.64. The summed E-state index contributed by atoms with van der Waals surface area (Å²) in [7, 11) is 4.75. The number of hydrogen-bond donors (Lipinski definition) is 1. The molecule has 0 aliphatic carbocycles. The van der Waals surface area contributed by atoms with Gasteiger partial charge < -0.3 is 19.5 Å². The molecule has 0 saturated carbocycles. The molecule has 0 unspecified atom stereocenters. The molecule has 0 spiro atoms. The molecular formula is C23H23N5O4S. The van der Waals surface area contributed by atoms with Gasteiger partial charge in [0.15, 0.2) is 17.1 Å². The highest BCUT2D eigenvalue weighted by Gasteiger charge is 2.14. The number of ether oxygens (including phenoxy) is 3. The van der Waals surface area contributed by atoms with Crippen molar-refractivity contribution in [1.82, 2.24) is 19.8 Å². The summed E-state index contributed by atoms with van der Waals surface area (Å²) in [6.45, 7) is 1.95. The fourth-order valence-corrected chi connectivity index (χ4v) is 3.93. The van der Waals surface area contributed by atoms with E-state index in [1.54, 1.807) is 25.8 Å². The number of hydrogen-bond acceptors (Lipinski definition) is 8. The summed E-state index contributed by atoms with van der Waals surface area (Å²) in [5.41, 5.74) is 3.79. The minimum Gasteiger partial charge on any atom is -0.495 e. The summed E-state index contributed by atoms with van der Waals surface area (Å²) in [6.07, 6.45) is 0. The standard InChI is InChI=1S/C23H23N5O4S/c1-14-5-8-18(30-2)17(11-14)24-22(29)13-33-23-26-25-21-10-7-16(27-28(21)23)15-6-9-19(31-3)20(12-15)32-4/h5-12H,13H2,1-4H3,(H,24,29). The van der Waals surface area contributed by atoms with Gasteiger partial charge in [0, 0.05) is 5.56 Å². The third kappa shape index (κ3) is 4.85. The molecule has 4 aromatic rings. The van der Waals surface area contributed by atoms with Gasteiger partial charge in [-0.05, 0) is 55.0 Å². The topological polar surface area (TPSA) is 99.9 Å². The van der Waals surface area contributed by atoms with Crippen molar-refractivity contribution in [2.24, 2.45) is 0 Å². The van der Waals surface area contributed by atoms with Crippen LogP contribution in [0.25, 0.3) is 16.9 Å². The minimum atomic E-state index is -0.184. The molecule has 1 N–H and O–H groups in total. The Balaban J connectivity index is 1.52. The van der Waals surface area contributed by atoms with E-state index in [2.05, 4.69) is 20.6 Å². The van der Waals surface area contributed by atoms with Crippen LogP contribution in [0.1, 0.15) is 5.56 Å². The average molecular weight is 466 g/mol. The number of nitrogens with one attached hydrogen (secondary N) is 1. The van der Waals surface area contributed by atoms with Gasteiger partial charge in [0.2, 0.25) is 11.1 Å². The van der Waals surface area contributed by atoms with Crippen LogP contribution in [0.2, 0.25) is 0 Å². The molecule has 0 aliphatic heterocycles. The number of carbonyl (C=O) groups excluding carboxylic acids is 1. The Morgan fingerprint density at radius 2 is 1.70 bits per heavy atom. The Morgan fingerprint density at radius 3 is 2.45 bits per heavy atom. The van der Waals surface area contributed by atoms with Crippen LogP contribution in [0.5, 0.6) is 17.2 Å². The number of aromatic nitrogens is 4. The van der Waals surface area contributed by atoms with Crippen molar-refractivity contribution in [3.8, 4) is 28.5 Å². The van der Waals surface area contributed by atoms with Gasteiger partial charge in [0.05, 0.1) is 38.5 Å². The molecule has 2 aromatic carbocycles. The van der Waals surface area contributed by atoms with Gasteiger partial charge in [-0.1, -0.05) is 17.8 Å². The largest absolute Gasteiger partial charge is 0.495 e. The second-order valence-electron chi connectivity index (χ2n) is 7.08. The van der Waals surface area contributed by atoms with Gasteiger partial charge in [-0.15, -0.1) is 10.2 Å². The molecule has 170 valence electrons. The number of fused-ring (bicyclic) bond motifs is 1. The number of anilines is 1. The molecule has 0 aliphatic rings. The van der Waals surface area contributed by atoms with Crippen LogP contribution < -0.4 is 19.5 Å². The monoisotopic (exact) mass is 465 g/mol. The average Bonchev–Trinajstić information content (AvgIpc) is 3.24. The van der Waals surface area contributed by atoms with E-state index in [0.29, 0.717) is 39.4 Å². The van der Waals surface area contributed by atoms with Crippen LogP contribution in [0.4, 0.5) is 5.69 Å². The number of aryl methyl sites for hydroxylation is 1. The number of benzene rings is 2. The number of rotatable bonds is 8. The SMILES string of the molecule is COc1ccc(C)cc1NC(=O)CSc1nnc2ccc(-c3ccc(OC)c(OC)c3)nn12. The van der Waals surface area contributed by atoms with Crippen LogP contribution in [0.15, 0.2) is 53.7 Å². The normalized spacial score (nSPS) is 10.8. The van der Waals surface area contributed by atoms with Crippen molar-refractivity contribution in [3.05, 3.63) is 54.1 Å². The van der Waals surface area contributed by atoms with Crippen LogP contribution >= 0.6 is 11.8 Å². The summed E-state index contributed by atoms with van der Waals surface area (Å²) in [6, 6.07) is 14.9. The summed E-state index contributed by atoms with van der Waals surface area (Å²) < 4.78 is 17.6. The summed E-state index contributed by atoms with van der Waals surface area (Å²) >= 11 is 1.25. The maximum Gasteiger partial charge on any atom is 0.234 e. The molecular weight excluding hydrogens is 442 g/mol. The van der Waals surface area contributed by atoms with Gasteiger partial charge in [-0.3, -0.25) is 4.79 Å². The van der Waals surface area contributed by atoms with E-state index >= 15 is 0 Å². The Morgan fingerprint density at radius 1 is 0.939 bits per heavy atom. The highest BCUT2D eigenvalue weighted by molar-refractivity contribution is 7.99. The molecule has 2 aromatic heterocycles. The van der Waals surface area contributed by atoms with Gasteiger partial charge in [-0.2, -0.15) is 9.61 Å². The maximum absolute atomic E-state index is 12.6. The van der Waals surface area contributed by atoms with Crippen LogP contribution in [0, 0.1) is 6.92 Å². The molecule has 0 saturated heterocycles. The van der Waals surface area contributed by atoms with Crippen LogP contribution in [0.3, 0.4) is 0 Å². The highest BCUT2D eigenvalue weighted by Crippen LogP contribution is 2.32. The Labute approximate surface area is 195 Å². The van der Waals surface area contributed by atoms with Crippen molar-refractivity contribution < 1.29 is 19.0 Å². The zero-order chi connectivity index (χ0) is 23.4. The van der Waals surface area contributed by atoms with Crippen LogP contribution in [-0.2, 0) is 4.79 Å². The first-order valence-corrected chi connectivity index (χ1v) is 11.0. The lowest BCUT2D eigenvalue weighted by Crippen LogP contribution is -2.15. The number of nitrogens with zero attached hydrogens (tertiary/aromatic N) is 4. The first kappa shape index (κ1) is 22.4. The van der Waals surface area contributed by atoms with Crippen molar-refractivity contribution in [3.63, 3.8) is 0 Å². The molecule has 10 heteroatoms. The molecule has 0 bridgehead atoms. The molecule has 33 heavy (non-hydrogen) atoms. The number of thioether (sulfide) groups is 1. The molecule has 0 atom stereocenters. The number of methoxy groups -OCH3 is 3. The first-order valence-electron chi connectivity index (χ1n) is 10.0. The van der Waals surface area contributed by atoms with Crippen molar-refractivity contribution >= 4 is 29.0 Å². The second-order valence-corrected chi connectivity index (χ2v) is 8.02. The van der Waals surface area contributed by atoms with Gasteiger partial charge in [0.1, 0.15) is 5.75 Å². The summed E-state index contributed by atoms with van der Waals surface area (Å²) in [5.74, 6) is 1.81. The lowest BCUT2D eigenvalue weighted by Gasteiger charge is -2.11. The second kappa shape index (κ2) is 9.78. The summed E-state index contributed by atoms with van der Waals surface area (Å²) in [5, 5.41) is 16.4. The summed E-state index contributed by atoms with van der Waals surface area (Å²) in [4.78, 5) is 12.6. The van der Waals surface area contributed by atoms with E-state index in [9.17, 15) is 4.79 Å². The quantitative estimate of drug-likeness (QED) is 0.392. The zero-order valence-electron chi connectivity index (χ0n) is 18.7. The van der Waals surface area contributed by atoms with E-state index in [4.69, 9.17) is 14.2 Å². The third-order valence-corrected chi connectivity index (χ3v) is 5.79. The molecule has 2 heterocycles. The lowest BCUT2D eigenvalue weighted by atomic mass is 10.1. The van der Waals surface area contributed by atoms with Crippen molar-refractivity contribution in [2.75, 3.05) is 32.4 Å². The smallest absolute Gasteiger partial charge is 0.234 e. The predicted molar refractivity (Wildman–Crippen MR) is 126 cm³/mol. The van der Waals surface area contributed by atoms with E-state index in [0.717, 1.165) is 11.1 Å². The zero-order valence-corrected chi connectivity index (χ0v) is 19.5.